The Hall–Kier alpha value is -1.63. The topological polar surface area (TPSA) is 69.6 Å². The maximum Gasteiger partial charge on any atom is 0.188 e. The molecule has 0 fully saturated rings. The van der Waals surface area contributed by atoms with Gasteiger partial charge in [0.1, 0.15) is 0 Å². The minimum Gasteiger partial charge on any atom is -0.399 e. The van der Waals surface area contributed by atoms with Crippen LogP contribution in [0.25, 0.3) is 17.1 Å². The molecule has 5 nitrogen and oxygen atoms in total. The highest BCUT2D eigenvalue weighted by atomic mass is 79.9. The Morgan fingerprint density at radius 1 is 1.05 bits per heavy atom. The second kappa shape index (κ2) is 5.63. The summed E-state index contributed by atoms with van der Waals surface area (Å²) in [5.41, 5.74) is 7.74. The molecule has 0 saturated carbocycles. The van der Waals surface area contributed by atoms with Crippen molar-refractivity contribution in [3.8, 4) is 17.1 Å². The minimum absolute atomic E-state index is 0.485. The van der Waals surface area contributed by atoms with Gasteiger partial charge in [0.15, 0.2) is 5.82 Å². The summed E-state index contributed by atoms with van der Waals surface area (Å²) in [6.07, 6.45) is 0. The van der Waals surface area contributed by atoms with E-state index in [1.54, 1.807) is 28.9 Å². The van der Waals surface area contributed by atoms with Crippen molar-refractivity contribution in [3.63, 3.8) is 0 Å². The van der Waals surface area contributed by atoms with E-state index in [0.717, 1.165) is 10.2 Å². The van der Waals surface area contributed by atoms with Crippen molar-refractivity contribution in [1.82, 2.24) is 20.2 Å². The number of hydrogen-bond donors (Lipinski definition) is 1. The summed E-state index contributed by atoms with van der Waals surface area (Å²) >= 11 is 15.6. The van der Waals surface area contributed by atoms with Gasteiger partial charge in [0.25, 0.3) is 0 Å². The van der Waals surface area contributed by atoms with Crippen LogP contribution < -0.4 is 5.73 Å². The van der Waals surface area contributed by atoms with Gasteiger partial charge >= 0.3 is 0 Å². The second-order valence-corrected chi connectivity index (χ2v) is 5.92. The van der Waals surface area contributed by atoms with E-state index in [-0.39, 0.29) is 0 Å². The van der Waals surface area contributed by atoms with Crippen LogP contribution >= 0.6 is 39.1 Å². The molecule has 0 radical (unpaired) electrons. The third kappa shape index (κ3) is 2.74. The van der Waals surface area contributed by atoms with Crippen LogP contribution in [0.2, 0.25) is 10.0 Å². The van der Waals surface area contributed by atoms with Crippen molar-refractivity contribution in [3.05, 3.63) is 50.9 Å². The average Bonchev–Trinajstić information content (AvgIpc) is 2.91. The molecule has 2 N–H and O–H groups in total. The lowest BCUT2D eigenvalue weighted by Crippen LogP contribution is -2.00. The first-order valence-electron chi connectivity index (χ1n) is 5.85. The average molecular weight is 385 g/mol. The standard InChI is InChI=1S/C13H8BrCl2N5/c14-10-6-8(2-4-11(10)15)21-13(18-19-20-21)9-3-1-7(17)5-12(9)16/h1-6H,17H2. The maximum atomic E-state index is 6.22. The Kier molecular flexibility index (Phi) is 3.84. The fourth-order valence-electron chi connectivity index (χ4n) is 1.86. The summed E-state index contributed by atoms with van der Waals surface area (Å²) in [6, 6.07) is 10.6. The van der Waals surface area contributed by atoms with Crippen molar-refractivity contribution in [2.24, 2.45) is 0 Å². The van der Waals surface area contributed by atoms with Crippen LogP contribution in [0, 0.1) is 0 Å². The van der Waals surface area contributed by atoms with Crippen molar-refractivity contribution < 1.29 is 0 Å². The normalized spacial score (nSPS) is 10.8. The van der Waals surface area contributed by atoms with Gasteiger partial charge in [0.05, 0.1) is 15.7 Å². The molecule has 0 saturated heterocycles. The smallest absolute Gasteiger partial charge is 0.188 e. The zero-order valence-corrected chi connectivity index (χ0v) is 13.6. The first-order valence-corrected chi connectivity index (χ1v) is 7.40. The van der Waals surface area contributed by atoms with Crippen LogP contribution in [0.5, 0.6) is 0 Å². The highest BCUT2D eigenvalue weighted by Crippen LogP contribution is 2.30. The van der Waals surface area contributed by atoms with Gasteiger partial charge in [-0.25, -0.2) is 0 Å². The molecule has 8 heteroatoms. The van der Waals surface area contributed by atoms with E-state index in [4.69, 9.17) is 28.9 Å². The van der Waals surface area contributed by atoms with Crippen LogP contribution in [-0.2, 0) is 0 Å². The summed E-state index contributed by atoms with van der Waals surface area (Å²) in [7, 11) is 0. The molecule has 1 heterocycles. The number of nitrogens with two attached hydrogens (primary N) is 1. The molecule has 0 atom stereocenters. The Bertz CT molecular complexity index is 818. The van der Waals surface area contributed by atoms with Crippen molar-refractivity contribution >= 4 is 44.8 Å². The number of halogens is 3. The van der Waals surface area contributed by atoms with Gasteiger partial charge in [-0.3, -0.25) is 0 Å². The largest absolute Gasteiger partial charge is 0.399 e. The number of aromatic nitrogens is 4. The van der Waals surface area contributed by atoms with Gasteiger partial charge in [-0.1, -0.05) is 23.2 Å². The predicted molar refractivity (Wildman–Crippen MR) is 86.7 cm³/mol. The Labute approximate surface area is 138 Å². The lowest BCUT2D eigenvalue weighted by atomic mass is 10.2. The summed E-state index contributed by atoms with van der Waals surface area (Å²) in [5.74, 6) is 0.522. The molecule has 3 aromatic rings. The van der Waals surface area contributed by atoms with Gasteiger partial charge in [-0.2, -0.15) is 4.68 Å². The third-order valence-corrected chi connectivity index (χ3v) is 4.38. The van der Waals surface area contributed by atoms with E-state index in [1.165, 1.54) is 0 Å². The summed E-state index contributed by atoms with van der Waals surface area (Å²) in [4.78, 5) is 0. The number of hydrogen-bond acceptors (Lipinski definition) is 4. The summed E-state index contributed by atoms with van der Waals surface area (Å²) < 4.78 is 2.34. The van der Waals surface area contributed by atoms with E-state index in [2.05, 4.69) is 31.5 Å². The van der Waals surface area contributed by atoms with Gasteiger partial charge in [-0.15, -0.1) is 5.10 Å². The molecule has 2 aromatic carbocycles. The van der Waals surface area contributed by atoms with Gasteiger partial charge in [0, 0.05) is 15.7 Å². The van der Waals surface area contributed by atoms with E-state index < -0.39 is 0 Å². The number of benzene rings is 2. The Balaban J connectivity index is 2.14. The summed E-state index contributed by atoms with van der Waals surface area (Å²) in [5, 5.41) is 12.8. The van der Waals surface area contributed by atoms with Gasteiger partial charge in [-0.05, 0) is 62.8 Å². The predicted octanol–water partition coefficient (Wildman–Crippen LogP) is 3.98. The first-order chi connectivity index (χ1) is 10.1. The zero-order chi connectivity index (χ0) is 15.0. The van der Waals surface area contributed by atoms with E-state index in [9.17, 15) is 0 Å². The molecule has 0 aliphatic carbocycles. The van der Waals surface area contributed by atoms with E-state index in [1.807, 2.05) is 12.1 Å². The Morgan fingerprint density at radius 2 is 1.86 bits per heavy atom. The lowest BCUT2D eigenvalue weighted by Gasteiger charge is -2.07. The first kappa shape index (κ1) is 14.3. The van der Waals surface area contributed by atoms with Crippen LogP contribution in [0.15, 0.2) is 40.9 Å². The monoisotopic (exact) mass is 383 g/mol. The molecule has 0 aliphatic heterocycles. The number of anilines is 1. The molecule has 1 aromatic heterocycles. The minimum atomic E-state index is 0.485. The Morgan fingerprint density at radius 3 is 2.57 bits per heavy atom. The SMILES string of the molecule is Nc1ccc(-c2nnnn2-c2ccc(Cl)c(Br)c2)c(Cl)c1. The van der Waals surface area contributed by atoms with Gasteiger partial charge in [0.2, 0.25) is 0 Å². The third-order valence-electron chi connectivity index (χ3n) is 2.85. The molecule has 0 amide bonds. The number of nitrogens with zero attached hydrogens (tertiary/aromatic N) is 4. The molecule has 0 aliphatic rings. The molecule has 0 bridgehead atoms. The van der Waals surface area contributed by atoms with Crippen LogP contribution in [0.3, 0.4) is 0 Å². The maximum absolute atomic E-state index is 6.22. The molecule has 0 spiro atoms. The van der Waals surface area contributed by atoms with Crippen molar-refractivity contribution in [2.45, 2.75) is 0 Å². The van der Waals surface area contributed by atoms with Crippen molar-refractivity contribution in [2.75, 3.05) is 5.73 Å². The lowest BCUT2D eigenvalue weighted by molar-refractivity contribution is 0.791. The quantitative estimate of drug-likeness (QED) is 0.678. The number of nitrogen functional groups attached to an aromatic ring is 1. The highest BCUT2D eigenvalue weighted by molar-refractivity contribution is 9.10. The highest BCUT2D eigenvalue weighted by Gasteiger charge is 2.14. The van der Waals surface area contributed by atoms with E-state index >= 15 is 0 Å². The zero-order valence-electron chi connectivity index (χ0n) is 10.5. The number of tetrazole rings is 1. The molecule has 21 heavy (non-hydrogen) atoms. The molecule has 0 unspecified atom stereocenters. The second-order valence-electron chi connectivity index (χ2n) is 4.25. The molecular weight excluding hydrogens is 377 g/mol. The van der Waals surface area contributed by atoms with Crippen LogP contribution in [-0.4, -0.2) is 20.2 Å². The van der Waals surface area contributed by atoms with Crippen molar-refractivity contribution in [1.29, 1.82) is 0 Å². The fourth-order valence-corrected chi connectivity index (χ4v) is 2.62. The number of rotatable bonds is 2. The van der Waals surface area contributed by atoms with E-state index in [0.29, 0.717) is 27.1 Å². The molecule has 3 rings (SSSR count). The molecule has 106 valence electrons. The van der Waals surface area contributed by atoms with Crippen LogP contribution in [0.4, 0.5) is 5.69 Å². The van der Waals surface area contributed by atoms with Crippen LogP contribution in [0.1, 0.15) is 0 Å². The fraction of sp³-hybridized carbons (Fsp3) is 0. The summed E-state index contributed by atoms with van der Waals surface area (Å²) in [6.45, 7) is 0. The molecular formula is C13H8BrCl2N5. The van der Waals surface area contributed by atoms with Gasteiger partial charge < -0.3 is 5.73 Å².